The van der Waals surface area contributed by atoms with Gasteiger partial charge in [-0.3, -0.25) is 9.59 Å². The highest BCUT2D eigenvalue weighted by Crippen LogP contribution is 2.33. The molecule has 1 heterocycles. The van der Waals surface area contributed by atoms with Crippen molar-refractivity contribution in [3.05, 3.63) is 56.8 Å². The van der Waals surface area contributed by atoms with E-state index >= 15 is 0 Å². The van der Waals surface area contributed by atoms with E-state index in [1.807, 2.05) is 12.3 Å². The van der Waals surface area contributed by atoms with Crippen molar-refractivity contribution >= 4 is 22.9 Å². The van der Waals surface area contributed by atoms with Gasteiger partial charge in [0.25, 0.3) is 0 Å². The van der Waals surface area contributed by atoms with Crippen LogP contribution in [0.15, 0.2) is 29.6 Å². The molecule has 0 saturated carbocycles. The number of carbonyl (C=O) groups is 2. The SMILES string of the molecule is CCC.CCCCC.Cc1csc2c1C(=O)c1ccccc1C2=O. The number of carbonyl (C=O) groups excluding carboxylic acids is 2. The predicted molar refractivity (Wildman–Crippen MR) is 104 cm³/mol. The van der Waals surface area contributed by atoms with E-state index in [0.717, 1.165) is 5.56 Å². The fraction of sp³-hybridized carbons (Fsp3) is 0.429. The van der Waals surface area contributed by atoms with Crippen LogP contribution in [0.2, 0.25) is 0 Å². The zero-order chi connectivity index (χ0) is 18.1. The molecule has 0 N–H and O–H groups in total. The maximum Gasteiger partial charge on any atom is 0.204 e. The summed E-state index contributed by atoms with van der Waals surface area (Å²) in [7, 11) is 0. The lowest BCUT2D eigenvalue weighted by molar-refractivity contribution is 0.0982. The molecule has 1 aliphatic rings. The standard InChI is InChI=1S/C13H8O2S.C5H12.C3H8/c1-7-6-16-13-10(7)11(14)8-4-2-3-5-9(8)12(13)15;1-3-5-4-2;1-3-2/h2-6H,1H3;3-5H2,1-2H3;3H2,1-2H3. The summed E-state index contributed by atoms with van der Waals surface area (Å²) in [6.45, 7) is 10.5. The Labute approximate surface area is 149 Å². The summed E-state index contributed by atoms with van der Waals surface area (Å²) in [5, 5.41) is 1.87. The quantitative estimate of drug-likeness (QED) is 0.535. The molecule has 3 heteroatoms. The number of hydrogen-bond acceptors (Lipinski definition) is 3. The monoisotopic (exact) mass is 344 g/mol. The summed E-state index contributed by atoms with van der Waals surface area (Å²) in [4.78, 5) is 24.9. The lowest BCUT2D eigenvalue weighted by Gasteiger charge is -2.14. The van der Waals surface area contributed by atoms with Crippen molar-refractivity contribution in [1.29, 1.82) is 0 Å². The molecular formula is C21H28O2S. The zero-order valence-corrected chi connectivity index (χ0v) is 16.3. The summed E-state index contributed by atoms with van der Waals surface area (Å²) in [6.07, 6.45) is 5.33. The van der Waals surface area contributed by atoms with Crippen molar-refractivity contribution in [2.45, 2.75) is 60.3 Å². The third-order valence-corrected chi connectivity index (χ3v) is 4.63. The van der Waals surface area contributed by atoms with Crippen LogP contribution in [0, 0.1) is 6.92 Å². The molecule has 24 heavy (non-hydrogen) atoms. The first-order valence-corrected chi connectivity index (χ1v) is 9.67. The van der Waals surface area contributed by atoms with Gasteiger partial charge in [0.2, 0.25) is 5.78 Å². The molecule has 0 bridgehead atoms. The number of thiophene rings is 1. The molecule has 1 aliphatic carbocycles. The number of unbranched alkanes of at least 4 members (excludes halogenated alkanes) is 2. The number of hydrogen-bond donors (Lipinski definition) is 0. The Morgan fingerprint density at radius 3 is 1.83 bits per heavy atom. The topological polar surface area (TPSA) is 34.1 Å². The molecule has 0 spiro atoms. The maximum atomic E-state index is 12.2. The van der Waals surface area contributed by atoms with Crippen LogP contribution in [-0.4, -0.2) is 11.6 Å². The second-order valence-corrected chi connectivity index (χ2v) is 6.77. The Morgan fingerprint density at radius 1 is 0.875 bits per heavy atom. The van der Waals surface area contributed by atoms with Gasteiger partial charge in [-0.15, -0.1) is 11.3 Å². The molecule has 2 aromatic rings. The minimum absolute atomic E-state index is 0.0241. The average Bonchev–Trinajstić information content (AvgIpc) is 2.97. The smallest absolute Gasteiger partial charge is 0.204 e. The highest BCUT2D eigenvalue weighted by Gasteiger charge is 2.31. The zero-order valence-electron chi connectivity index (χ0n) is 15.4. The summed E-state index contributed by atoms with van der Waals surface area (Å²) in [5.41, 5.74) is 2.55. The molecule has 0 atom stereocenters. The summed E-state index contributed by atoms with van der Waals surface area (Å²) >= 11 is 1.36. The first-order valence-electron chi connectivity index (χ1n) is 8.79. The third-order valence-electron chi connectivity index (χ3n) is 3.53. The van der Waals surface area contributed by atoms with Gasteiger partial charge in [-0.1, -0.05) is 77.6 Å². The molecule has 2 nitrogen and oxygen atoms in total. The van der Waals surface area contributed by atoms with E-state index in [-0.39, 0.29) is 11.6 Å². The van der Waals surface area contributed by atoms with Crippen molar-refractivity contribution in [1.82, 2.24) is 0 Å². The van der Waals surface area contributed by atoms with Crippen molar-refractivity contribution < 1.29 is 9.59 Å². The van der Waals surface area contributed by atoms with Crippen LogP contribution in [0.4, 0.5) is 0 Å². The van der Waals surface area contributed by atoms with Gasteiger partial charge in [0.1, 0.15) is 0 Å². The summed E-state index contributed by atoms with van der Waals surface area (Å²) in [5.74, 6) is -0.0488. The van der Waals surface area contributed by atoms with Crippen molar-refractivity contribution in [2.24, 2.45) is 0 Å². The normalized spacial score (nSPS) is 11.5. The van der Waals surface area contributed by atoms with Crippen molar-refractivity contribution in [2.75, 3.05) is 0 Å². The average molecular weight is 345 g/mol. The minimum atomic E-state index is -0.0247. The van der Waals surface area contributed by atoms with Crippen LogP contribution in [0.1, 0.15) is 90.1 Å². The molecule has 0 saturated heterocycles. The number of aryl methyl sites for hydroxylation is 1. The maximum absolute atomic E-state index is 12.2. The second-order valence-electron chi connectivity index (χ2n) is 5.89. The highest BCUT2D eigenvalue weighted by molar-refractivity contribution is 7.13. The van der Waals surface area contributed by atoms with Crippen LogP contribution in [0.5, 0.6) is 0 Å². The molecule has 3 rings (SSSR count). The van der Waals surface area contributed by atoms with Gasteiger partial charge in [-0.2, -0.15) is 0 Å². The Hall–Kier alpha value is -1.74. The van der Waals surface area contributed by atoms with Crippen LogP contribution in [0.3, 0.4) is 0 Å². The van der Waals surface area contributed by atoms with E-state index in [1.54, 1.807) is 24.3 Å². The molecule has 0 unspecified atom stereocenters. The Kier molecular flexibility index (Phi) is 8.62. The van der Waals surface area contributed by atoms with Crippen LogP contribution >= 0.6 is 11.3 Å². The van der Waals surface area contributed by atoms with E-state index in [2.05, 4.69) is 27.7 Å². The van der Waals surface area contributed by atoms with Crippen LogP contribution in [0.25, 0.3) is 0 Å². The van der Waals surface area contributed by atoms with Gasteiger partial charge >= 0.3 is 0 Å². The molecule has 1 aromatic heterocycles. The van der Waals surface area contributed by atoms with Gasteiger partial charge in [-0.05, 0) is 17.9 Å². The highest BCUT2D eigenvalue weighted by atomic mass is 32.1. The van der Waals surface area contributed by atoms with Crippen molar-refractivity contribution in [3.63, 3.8) is 0 Å². The predicted octanol–water partition coefficient (Wildman–Crippen LogP) is 6.44. The molecular weight excluding hydrogens is 316 g/mol. The summed E-state index contributed by atoms with van der Waals surface area (Å²) < 4.78 is 0. The van der Waals surface area contributed by atoms with Crippen LogP contribution in [-0.2, 0) is 0 Å². The van der Waals surface area contributed by atoms with Gasteiger partial charge in [0.05, 0.1) is 4.88 Å². The lowest BCUT2D eigenvalue weighted by atomic mass is 9.87. The van der Waals surface area contributed by atoms with Gasteiger partial charge < -0.3 is 0 Å². The third kappa shape index (κ3) is 4.64. The fourth-order valence-electron chi connectivity index (χ4n) is 2.38. The number of fused-ring (bicyclic) bond motifs is 2. The lowest BCUT2D eigenvalue weighted by Crippen LogP contribution is -2.19. The Morgan fingerprint density at radius 2 is 1.38 bits per heavy atom. The molecule has 0 fully saturated rings. The second kappa shape index (κ2) is 10.2. The Balaban J connectivity index is 0.000000307. The molecule has 0 amide bonds. The number of rotatable bonds is 2. The van der Waals surface area contributed by atoms with Crippen LogP contribution < -0.4 is 0 Å². The fourth-order valence-corrected chi connectivity index (χ4v) is 3.38. The molecule has 0 radical (unpaired) electrons. The number of ketones is 2. The van der Waals surface area contributed by atoms with E-state index in [9.17, 15) is 9.59 Å². The van der Waals surface area contributed by atoms with Gasteiger partial charge in [0, 0.05) is 16.7 Å². The molecule has 0 aliphatic heterocycles. The number of benzene rings is 1. The molecule has 130 valence electrons. The van der Waals surface area contributed by atoms with E-state index in [0.29, 0.717) is 21.6 Å². The first-order chi connectivity index (χ1) is 11.5. The minimum Gasteiger partial charge on any atom is -0.289 e. The van der Waals surface area contributed by atoms with Crippen molar-refractivity contribution in [3.8, 4) is 0 Å². The Bertz CT molecular complexity index is 681. The van der Waals surface area contributed by atoms with E-state index < -0.39 is 0 Å². The van der Waals surface area contributed by atoms with E-state index in [1.165, 1.54) is 37.0 Å². The largest absolute Gasteiger partial charge is 0.289 e. The van der Waals surface area contributed by atoms with E-state index in [4.69, 9.17) is 0 Å². The molecule has 1 aromatic carbocycles. The van der Waals surface area contributed by atoms with Gasteiger partial charge in [0.15, 0.2) is 5.78 Å². The first kappa shape index (κ1) is 20.3. The van der Waals surface area contributed by atoms with Gasteiger partial charge in [-0.25, -0.2) is 0 Å². The summed E-state index contributed by atoms with van der Waals surface area (Å²) in [6, 6.07) is 7.01.